The second kappa shape index (κ2) is 5.35. The van der Waals surface area contributed by atoms with Crippen molar-refractivity contribution in [3.63, 3.8) is 0 Å². The third kappa shape index (κ3) is 3.14. The summed E-state index contributed by atoms with van der Waals surface area (Å²) in [7, 11) is -1.64. The first-order valence-electron chi connectivity index (χ1n) is 6.42. The van der Waals surface area contributed by atoms with Crippen molar-refractivity contribution in [3.8, 4) is 0 Å². The molecule has 7 heteroatoms. The third-order valence-corrected chi connectivity index (χ3v) is 2.87. The van der Waals surface area contributed by atoms with Gasteiger partial charge >= 0.3 is 13.2 Å². The number of hydrogen-bond acceptors (Lipinski definition) is 5. The number of hydrogen-bond donors (Lipinski definition) is 2. The lowest BCUT2D eigenvalue weighted by molar-refractivity contribution is 0.0544. The summed E-state index contributed by atoms with van der Waals surface area (Å²) in [6, 6.07) is 4.48. The average Bonchev–Trinajstić information content (AvgIpc) is 2.74. The molecule has 0 aliphatic rings. The molecule has 21 heavy (non-hydrogen) atoms. The minimum absolute atomic E-state index is 0.243. The minimum Gasteiger partial charge on any atom is -0.443 e. The monoisotopic (exact) mass is 289 g/mol. The van der Waals surface area contributed by atoms with Crippen LogP contribution in [0.5, 0.6) is 0 Å². The van der Waals surface area contributed by atoms with E-state index in [0.29, 0.717) is 17.2 Å². The van der Waals surface area contributed by atoms with Crippen LogP contribution in [0.4, 0.5) is 4.79 Å². The molecular weight excluding hydrogens is 273 g/mol. The molecule has 0 radical (unpaired) electrons. The van der Waals surface area contributed by atoms with E-state index in [1.807, 2.05) is 0 Å². The quantitative estimate of drug-likeness (QED) is 0.634. The van der Waals surface area contributed by atoms with Gasteiger partial charge in [-0.2, -0.15) is 0 Å². The highest BCUT2D eigenvalue weighted by molar-refractivity contribution is 6.59. The van der Waals surface area contributed by atoms with E-state index in [1.165, 1.54) is 22.9 Å². The number of carbonyl (C=O) groups excluding carboxylic acids is 2. The molecule has 1 aromatic heterocycles. The van der Waals surface area contributed by atoms with Crippen LogP contribution in [0.3, 0.4) is 0 Å². The largest absolute Gasteiger partial charge is 0.488 e. The van der Waals surface area contributed by atoms with Gasteiger partial charge in [0, 0.05) is 17.1 Å². The van der Waals surface area contributed by atoms with E-state index < -0.39 is 18.8 Å². The summed E-state index contributed by atoms with van der Waals surface area (Å²) in [5.41, 5.74) is 0.331. The van der Waals surface area contributed by atoms with Crippen molar-refractivity contribution >= 4 is 35.9 Å². The van der Waals surface area contributed by atoms with Gasteiger partial charge in [-0.15, -0.1) is 0 Å². The maximum atomic E-state index is 12.1. The molecule has 0 unspecified atom stereocenters. The van der Waals surface area contributed by atoms with E-state index in [1.54, 1.807) is 26.8 Å². The van der Waals surface area contributed by atoms with Gasteiger partial charge in [-0.05, 0) is 32.3 Å². The van der Waals surface area contributed by atoms with Gasteiger partial charge in [-0.1, -0.05) is 12.1 Å². The lowest BCUT2D eigenvalue weighted by Crippen LogP contribution is -2.29. The molecular formula is C14H16BNO5. The van der Waals surface area contributed by atoms with Gasteiger partial charge < -0.3 is 14.8 Å². The van der Waals surface area contributed by atoms with Crippen molar-refractivity contribution in [2.75, 3.05) is 0 Å². The van der Waals surface area contributed by atoms with Crippen LogP contribution in [0, 0.1) is 0 Å². The molecule has 0 saturated heterocycles. The minimum atomic E-state index is -1.64. The van der Waals surface area contributed by atoms with Crippen molar-refractivity contribution in [1.82, 2.24) is 4.57 Å². The number of fused-ring (bicyclic) bond motifs is 1. The fourth-order valence-corrected chi connectivity index (χ4v) is 1.99. The average molecular weight is 289 g/mol. The number of nitrogens with zero attached hydrogens (tertiary/aromatic N) is 1. The first-order chi connectivity index (χ1) is 9.73. The fourth-order valence-electron chi connectivity index (χ4n) is 1.99. The molecule has 0 amide bonds. The third-order valence-electron chi connectivity index (χ3n) is 2.87. The Labute approximate surface area is 122 Å². The van der Waals surface area contributed by atoms with Crippen LogP contribution in [0.2, 0.25) is 0 Å². The van der Waals surface area contributed by atoms with Crippen LogP contribution in [-0.2, 0) is 4.74 Å². The van der Waals surface area contributed by atoms with Crippen molar-refractivity contribution < 1.29 is 24.4 Å². The van der Waals surface area contributed by atoms with E-state index in [9.17, 15) is 19.6 Å². The molecule has 0 bridgehead atoms. The Kier molecular flexibility index (Phi) is 3.89. The molecule has 1 heterocycles. The van der Waals surface area contributed by atoms with Gasteiger partial charge in [-0.3, -0.25) is 9.36 Å². The van der Waals surface area contributed by atoms with Gasteiger partial charge in [0.25, 0.3) is 0 Å². The number of rotatable bonds is 2. The number of benzene rings is 1. The maximum absolute atomic E-state index is 12.1. The number of carbonyl (C=O) groups is 2. The molecule has 0 aliphatic carbocycles. The second-order valence-corrected chi connectivity index (χ2v) is 5.70. The van der Waals surface area contributed by atoms with E-state index in [4.69, 9.17) is 4.74 Å². The first kappa shape index (κ1) is 15.3. The zero-order valence-electron chi connectivity index (χ0n) is 12.0. The maximum Gasteiger partial charge on any atom is 0.488 e. The lowest BCUT2D eigenvalue weighted by Gasteiger charge is -2.19. The summed E-state index contributed by atoms with van der Waals surface area (Å²) >= 11 is 0. The number of aromatic nitrogens is 1. The smallest absolute Gasteiger partial charge is 0.443 e. The Hall–Kier alpha value is -2.12. The van der Waals surface area contributed by atoms with Crippen molar-refractivity contribution in [2.45, 2.75) is 26.4 Å². The summed E-state index contributed by atoms with van der Waals surface area (Å²) < 4.78 is 6.51. The van der Waals surface area contributed by atoms with Crippen LogP contribution in [0.25, 0.3) is 10.9 Å². The SMILES string of the molecule is CC(C)(C)OC(=O)n1cc(C=O)c2cc(B(O)O)ccc21. The van der Waals surface area contributed by atoms with E-state index in [0.717, 1.165) is 0 Å². The predicted molar refractivity (Wildman–Crippen MR) is 78.8 cm³/mol. The van der Waals surface area contributed by atoms with Gasteiger partial charge in [0.15, 0.2) is 6.29 Å². The second-order valence-electron chi connectivity index (χ2n) is 5.70. The first-order valence-corrected chi connectivity index (χ1v) is 6.42. The normalized spacial score (nSPS) is 11.5. The van der Waals surface area contributed by atoms with Crippen LogP contribution < -0.4 is 5.46 Å². The molecule has 2 rings (SSSR count). The number of ether oxygens (including phenoxy) is 1. The molecule has 2 aromatic rings. The Morgan fingerprint density at radius 2 is 2.00 bits per heavy atom. The fraction of sp³-hybridized carbons (Fsp3) is 0.286. The highest BCUT2D eigenvalue weighted by Gasteiger charge is 2.21. The molecule has 2 N–H and O–H groups in total. The highest BCUT2D eigenvalue weighted by atomic mass is 16.6. The molecule has 0 aliphatic heterocycles. The summed E-state index contributed by atoms with van der Waals surface area (Å²) in [5.74, 6) is 0. The molecule has 0 atom stereocenters. The van der Waals surface area contributed by atoms with Gasteiger partial charge in [0.05, 0.1) is 5.52 Å². The van der Waals surface area contributed by atoms with Crippen molar-refractivity contribution in [3.05, 3.63) is 30.0 Å². The number of aldehydes is 1. The summed E-state index contributed by atoms with van der Waals surface area (Å²) in [6.45, 7) is 5.24. The Bertz CT molecular complexity index is 699. The lowest BCUT2D eigenvalue weighted by atomic mass is 9.80. The zero-order valence-corrected chi connectivity index (χ0v) is 12.0. The van der Waals surface area contributed by atoms with Crippen LogP contribution in [0.1, 0.15) is 31.1 Å². The van der Waals surface area contributed by atoms with Crippen LogP contribution >= 0.6 is 0 Å². The van der Waals surface area contributed by atoms with E-state index >= 15 is 0 Å². The van der Waals surface area contributed by atoms with Crippen LogP contribution in [-0.4, -0.2) is 39.7 Å². The molecule has 1 aromatic carbocycles. The molecule has 110 valence electrons. The van der Waals surface area contributed by atoms with Gasteiger partial charge in [0.1, 0.15) is 5.60 Å². The summed E-state index contributed by atoms with van der Waals surface area (Å²) in [4.78, 5) is 23.3. The molecule has 0 fully saturated rings. The Morgan fingerprint density at radius 1 is 1.33 bits per heavy atom. The Balaban J connectivity index is 2.56. The van der Waals surface area contributed by atoms with Crippen LogP contribution in [0.15, 0.2) is 24.4 Å². The van der Waals surface area contributed by atoms with Crippen molar-refractivity contribution in [1.29, 1.82) is 0 Å². The predicted octanol–water partition coefficient (Wildman–Crippen LogP) is 0.917. The highest BCUT2D eigenvalue weighted by Crippen LogP contribution is 2.21. The summed E-state index contributed by atoms with van der Waals surface area (Å²) in [6.07, 6.45) is 1.38. The van der Waals surface area contributed by atoms with E-state index in [-0.39, 0.29) is 11.0 Å². The van der Waals surface area contributed by atoms with Crippen molar-refractivity contribution in [2.24, 2.45) is 0 Å². The van der Waals surface area contributed by atoms with Gasteiger partial charge in [-0.25, -0.2) is 4.79 Å². The van der Waals surface area contributed by atoms with Gasteiger partial charge in [0.2, 0.25) is 0 Å². The molecule has 6 nitrogen and oxygen atoms in total. The zero-order chi connectivity index (χ0) is 15.8. The summed E-state index contributed by atoms with van der Waals surface area (Å²) in [5, 5.41) is 18.8. The topological polar surface area (TPSA) is 88.8 Å². The molecule has 0 spiro atoms. The molecule has 0 saturated carbocycles. The standard InChI is InChI=1S/C14H16BNO5/c1-14(2,3)21-13(18)16-7-9(8-17)11-6-10(15(19)20)4-5-12(11)16/h4-8,19-20H,1-3H3. The van der Waals surface area contributed by atoms with E-state index in [2.05, 4.69) is 0 Å². The Morgan fingerprint density at radius 3 is 2.52 bits per heavy atom.